The van der Waals surface area contributed by atoms with Crippen molar-refractivity contribution in [2.45, 2.75) is 58.0 Å². The highest BCUT2D eigenvalue weighted by Gasteiger charge is 2.41. The minimum atomic E-state index is -4.88. The number of hydrazine groups is 1. The van der Waals surface area contributed by atoms with Gasteiger partial charge in [-0.3, -0.25) is 9.59 Å². The Morgan fingerprint density at radius 1 is 1.10 bits per heavy atom. The average Bonchev–Trinajstić information content (AvgIpc) is 3.32. The smallest absolute Gasteiger partial charge is 0.359 e. The van der Waals surface area contributed by atoms with Crippen LogP contribution >= 0.6 is 15.9 Å². The summed E-state index contributed by atoms with van der Waals surface area (Å²) < 4.78 is 64.3. The number of halogens is 5. The van der Waals surface area contributed by atoms with Gasteiger partial charge in [0.25, 0.3) is 11.1 Å². The van der Waals surface area contributed by atoms with Gasteiger partial charge in [0, 0.05) is 47.1 Å². The standard InChI is InChI=1S/C26H32BrF4N5O3Si/c1-40(2,3)13-12-39-17-35-25(38)23(26(29,30)31)22(16-32-35)36-10-5-9-34(36)8-4-7-33-11-6-18-14-20(27)21(28)15-19(18)24(33)37/h6,11,14-16H,4-5,7-10,12-13,17H2,1-3H3. The number of alkyl halides is 3. The van der Waals surface area contributed by atoms with Crippen molar-refractivity contribution in [1.82, 2.24) is 19.4 Å². The van der Waals surface area contributed by atoms with E-state index >= 15 is 0 Å². The molecule has 0 spiro atoms. The van der Waals surface area contributed by atoms with Crippen LogP contribution in [-0.2, 0) is 24.2 Å². The molecule has 3 aromatic rings. The zero-order valence-electron chi connectivity index (χ0n) is 22.6. The molecular formula is C26H32BrF4N5O3Si. The van der Waals surface area contributed by atoms with Gasteiger partial charge < -0.3 is 14.3 Å². The second-order valence-corrected chi connectivity index (χ2v) is 17.5. The fourth-order valence-corrected chi connectivity index (χ4v) is 5.73. The van der Waals surface area contributed by atoms with Gasteiger partial charge in [-0.25, -0.2) is 14.1 Å². The van der Waals surface area contributed by atoms with Gasteiger partial charge in [-0.2, -0.15) is 18.3 Å². The van der Waals surface area contributed by atoms with Gasteiger partial charge in [0.05, 0.1) is 21.7 Å². The van der Waals surface area contributed by atoms with E-state index in [1.807, 2.05) is 0 Å². The highest BCUT2D eigenvalue weighted by atomic mass is 79.9. The van der Waals surface area contributed by atoms with E-state index in [4.69, 9.17) is 4.74 Å². The molecule has 40 heavy (non-hydrogen) atoms. The maximum Gasteiger partial charge on any atom is 0.423 e. The van der Waals surface area contributed by atoms with Gasteiger partial charge >= 0.3 is 6.18 Å². The molecule has 0 radical (unpaired) electrons. The summed E-state index contributed by atoms with van der Waals surface area (Å²) in [5.41, 5.74) is -3.16. The van der Waals surface area contributed by atoms with Crippen LogP contribution in [0.2, 0.25) is 25.7 Å². The van der Waals surface area contributed by atoms with E-state index in [2.05, 4.69) is 40.7 Å². The Morgan fingerprint density at radius 3 is 2.55 bits per heavy atom. The molecule has 14 heteroatoms. The van der Waals surface area contributed by atoms with Crippen molar-refractivity contribution in [3.8, 4) is 0 Å². The lowest BCUT2D eigenvalue weighted by atomic mass is 10.1. The second kappa shape index (κ2) is 12.1. The summed E-state index contributed by atoms with van der Waals surface area (Å²) in [5, 5.41) is 8.03. The van der Waals surface area contributed by atoms with E-state index in [0.717, 1.165) is 12.2 Å². The van der Waals surface area contributed by atoms with Crippen molar-refractivity contribution < 1.29 is 22.3 Å². The van der Waals surface area contributed by atoms with Crippen LogP contribution in [0.3, 0.4) is 0 Å². The molecule has 1 aliphatic rings. The van der Waals surface area contributed by atoms with E-state index in [0.29, 0.717) is 49.2 Å². The number of hydrogen-bond acceptors (Lipinski definition) is 6. The zero-order valence-corrected chi connectivity index (χ0v) is 25.2. The quantitative estimate of drug-likeness (QED) is 0.169. The van der Waals surface area contributed by atoms with Crippen molar-refractivity contribution in [2.75, 3.05) is 31.3 Å². The van der Waals surface area contributed by atoms with Crippen LogP contribution < -0.4 is 16.1 Å². The molecule has 1 aliphatic heterocycles. The Balaban J connectivity index is 1.48. The van der Waals surface area contributed by atoms with Crippen molar-refractivity contribution in [1.29, 1.82) is 0 Å². The summed E-state index contributed by atoms with van der Waals surface area (Å²) in [4.78, 5) is 25.7. The van der Waals surface area contributed by atoms with Crippen molar-refractivity contribution in [2.24, 2.45) is 0 Å². The largest absolute Gasteiger partial charge is 0.423 e. The normalized spacial score (nSPS) is 14.9. The minimum absolute atomic E-state index is 0.247. The molecule has 1 aromatic carbocycles. The van der Waals surface area contributed by atoms with Gasteiger partial charge in [-0.1, -0.05) is 19.6 Å². The van der Waals surface area contributed by atoms with Crippen molar-refractivity contribution in [3.63, 3.8) is 0 Å². The van der Waals surface area contributed by atoms with Gasteiger partial charge in [0.15, 0.2) is 0 Å². The van der Waals surface area contributed by atoms with Crippen LogP contribution in [0.5, 0.6) is 0 Å². The number of aromatic nitrogens is 3. The Bertz CT molecular complexity index is 1490. The van der Waals surface area contributed by atoms with E-state index in [1.54, 1.807) is 17.3 Å². The maximum absolute atomic E-state index is 14.1. The Kier molecular flexibility index (Phi) is 9.22. The summed E-state index contributed by atoms with van der Waals surface area (Å²) >= 11 is 3.12. The summed E-state index contributed by atoms with van der Waals surface area (Å²) in [7, 11) is -1.40. The number of anilines is 1. The number of benzene rings is 1. The van der Waals surface area contributed by atoms with Crippen LogP contribution in [0.4, 0.5) is 23.2 Å². The third kappa shape index (κ3) is 7.01. The predicted octanol–water partition coefficient (Wildman–Crippen LogP) is 5.31. The molecular weight excluding hydrogens is 614 g/mol. The number of hydrogen-bond donors (Lipinski definition) is 0. The van der Waals surface area contributed by atoms with Crippen LogP contribution in [0, 0.1) is 5.82 Å². The van der Waals surface area contributed by atoms with Gasteiger partial charge in [0.1, 0.15) is 18.1 Å². The lowest BCUT2D eigenvalue weighted by Gasteiger charge is -2.31. The molecule has 0 N–H and O–H groups in total. The van der Waals surface area contributed by atoms with Gasteiger partial charge in [-0.15, -0.1) is 0 Å². The fourth-order valence-electron chi connectivity index (χ4n) is 4.61. The lowest BCUT2D eigenvalue weighted by Crippen LogP contribution is -2.42. The molecule has 0 bridgehead atoms. The molecule has 8 nitrogen and oxygen atoms in total. The van der Waals surface area contributed by atoms with E-state index < -0.39 is 31.2 Å². The van der Waals surface area contributed by atoms with Crippen LogP contribution in [0.15, 0.2) is 44.7 Å². The summed E-state index contributed by atoms with van der Waals surface area (Å²) in [6.07, 6.45) is -1.15. The molecule has 1 fully saturated rings. The summed E-state index contributed by atoms with van der Waals surface area (Å²) in [6.45, 7) is 7.88. The molecule has 4 rings (SSSR count). The number of rotatable bonds is 10. The number of pyridine rings is 1. The monoisotopic (exact) mass is 645 g/mol. The van der Waals surface area contributed by atoms with Gasteiger partial charge in [-0.05, 0) is 58.4 Å². The molecule has 218 valence electrons. The van der Waals surface area contributed by atoms with Crippen molar-refractivity contribution >= 4 is 40.5 Å². The molecule has 3 heterocycles. The third-order valence-electron chi connectivity index (χ3n) is 6.76. The zero-order chi connectivity index (χ0) is 29.2. The Hall–Kier alpha value is -2.55. The van der Waals surface area contributed by atoms with E-state index in [9.17, 15) is 27.2 Å². The fraction of sp³-hybridized carbons (Fsp3) is 0.500. The second-order valence-electron chi connectivity index (χ2n) is 11.0. The SMILES string of the molecule is C[Si](C)(C)CCOCn1ncc(N2CCCN2CCCn2ccc3cc(Br)c(F)cc3c2=O)c(C(F)(F)F)c1=O. The number of fused-ring (bicyclic) bond motifs is 1. The van der Waals surface area contributed by atoms with E-state index in [-0.39, 0.29) is 34.4 Å². The predicted molar refractivity (Wildman–Crippen MR) is 152 cm³/mol. The average molecular weight is 647 g/mol. The van der Waals surface area contributed by atoms with Crippen LogP contribution in [0.1, 0.15) is 18.4 Å². The van der Waals surface area contributed by atoms with Crippen molar-refractivity contribution in [3.05, 3.63) is 67.2 Å². The minimum Gasteiger partial charge on any atom is -0.359 e. The highest BCUT2D eigenvalue weighted by Crippen LogP contribution is 2.35. The molecule has 1 saturated heterocycles. The highest BCUT2D eigenvalue weighted by molar-refractivity contribution is 9.10. The Morgan fingerprint density at radius 2 is 1.85 bits per heavy atom. The maximum atomic E-state index is 14.1. The first-order chi connectivity index (χ1) is 18.8. The topological polar surface area (TPSA) is 72.6 Å². The molecule has 0 amide bonds. The summed E-state index contributed by atoms with van der Waals surface area (Å²) in [6, 6.07) is 5.26. The molecule has 0 atom stereocenters. The molecule has 0 unspecified atom stereocenters. The molecule has 0 aliphatic carbocycles. The first-order valence-electron chi connectivity index (χ1n) is 13.0. The lowest BCUT2D eigenvalue weighted by molar-refractivity contribution is -0.139. The number of aryl methyl sites for hydroxylation is 1. The molecule has 2 aromatic heterocycles. The van der Waals surface area contributed by atoms with E-state index in [1.165, 1.54) is 21.7 Å². The summed E-state index contributed by atoms with van der Waals surface area (Å²) in [5.74, 6) is -0.538. The van der Waals surface area contributed by atoms with Gasteiger partial charge in [0.2, 0.25) is 0 Å². The first kappa shape index (κ1) is 30.4. The Labute approximate surface area is 238 Å². The third-order valence-corrected chi connectivity index (χ3v) is 9.07. The number of nitrogens with zero attached hydrogens (tertiary/aromatic N) is 5. The van der Waals surface area contributed by atoms with Crippen LogP contribution in [0.25, 0.3) is 10.8 Å². The number of ether oxygens (including phenoxy) is 1. The first-order valence-corrected chi connectivity index (χ1v) is 17.5. The molecule has 0 saturated carbocycles. The van der Waals surface area contributed by atoms with Crippen LogP contribution in [-0.4, -0.2) is 53.7 Å².